The van der Waals surface area contributed by atoms with E-state index in [2.05, 4.69) is 5.32 Å². The first-order valence-corrected chi connectivity index (χ1v) is 11.4. The van der Waals surface area contributed by atoms with Gasteiger partial charge in [-0.15, -0.1) is 0 Å². The van der Waals surface area contributed by atoms with Gasteiger partial charge in [-0.2, -0.15) is 0 Å². The number of carbonyl (C=O) groups is 3. The Morgan fingerprint density at radius 1 is 1.06 bits per heavy atom. The predicted molar refractivity (Wildman–Crippen MR) is 116 cm³/mol. The summed E-state index contributed by atoms with van der Waals surface area (Å²) in [6.07, 6.45) is 4.24. The summed E-state index contributed by atoms with van der Waals surface area (Å²) in [6, 6.07) is 6.95. The number of piperidine rings is 1. The Bertz CT molecular complexity index is 827. The number of likely N-dealkylation sites (tertiary alicyclic amines) is 2. The highest BCUT2D eigenvalue weighted by Crippen LogP contribution is 2.44. The van der Waals surface area contributed by atoms with Crippen LogP contribution in [0.5, 0.6) is 0 Å². The van der Waals surface area contributed by atoms with Crippen molar-refractivity contribution in [3.63, 3.8) is 0 Å². The quantitative estimate of drug-likeness (QED) is 0.557. The van der Waals surface area contributed by atoms with E-state index in [1.165, 1.54) is 0 Å². The van der Waals surface area contributed by atoms with Gasteiger partial charge in [0.2, 0.25) is 17.7 Å². The summed E-state index contributed by atoms with van der Waals surface area (Å²) in [5.74, 6) is 0.406. The summed E-state index contributed by atoms with van der Waals surface area (Å²) in [5.41, 5.74) is 13.8. The molecule has 4 unspecified atom stereocenters. The van der Waals surface area contributed by atoms with E-state index in [-0.39, 0.29) is 17.7 Å². The smallest absolute Gasteiger partial charge is 0.243 e. The maximum atomic E-state index is 12.9. The molecule has 8 nitrogen and oxygen atoms in total. The average Bonchev–Trinajstić information content (AvgIpc) is 3.20. The molecule has 168 valence electrons. The molecule has 1 aromatic carbocycles. The molecule has 5 N–H and O–H groups in total. The van der Waals surface area contributed by atoms with Gasteiger partial charge in [0.1, 0.15) is 6.04 Å². The van der Waals surface area contributed by atoms with Gasteiger partial charge in [0.15, 0.2) is 0 Å². The molecule has 2 aliphatic heterocycles. The van der Waals surface area contributed by atoms with Gasteiger partial charge in [-0.25, -0.2) is 0 Å². The Balaban J connectivity index is 1.25. The number of nitrogens with zero attached hydrogens (tertiary/aromatic N) is 2. The SMILES string of the molecule is NCc1ccc(CNC(=O)C2CCCN2C(=O)C(N)CCC(=O)N2CCC3CC32)cc1. The van der Waals surface area contributed by atoms with E-state index < -0.39 is 12.1 Å². The zero-order valence-corrected chi connectivity index (χ0v) is 18.0. The van der Waals surface area contributed by atoms with Crippen LogP contribution in [0.1, 0.15) is 49.7 Å². The first kappa shape index (κ1) is 21.8. The fourth-order valence-corrected chi connectivity index (χ4v) is 4.87. The van der Waals surface area contributed by atoms with Gasteiger partial charge in [-0.1, -0.05) is 24.3 Å². The molecule has 31 heavy (non-hydrogen) atoms. The average molecular weight is 428 g/mol. The number of amides is 3. The van der Waals surface area contributed by atoms with Crippen LogP contribution >= 0.6 is 0 Å². The minimum Gasteiger partial charge on any atom is -0.350 e. The Labute approximate surface area is 183 Å². The van der Waals surface area contributed by atoms with Gasteiger partial charge >= 0.3 is 0 Å². The maximum Gasteiger partial charge on any atom is 0.243 e. The number of nitrogens with two attached hydrogens (primary N) is 2. The van der Waals surface area contributed by atoms with Gasteiger partial charge in [0, 0.05) is 38.6 Å². The van der Waals surface area contributed by atoms with Gasteiger partial charge in [0.05, 0.1) is 6.04 Å². The fourth-order valence-electron chi connectivity index (χ4n) is 4.87. The summed E-state index contributed by atoms with van der Waals surface area (Å²) >= 11 is 0. The van der Waals surface area contributed by atoms with Crippen LogP contribution in [0.3, 0.4) is 0 Å². The van der Waals surface area contributed by atoms with Crippen LogP contribution in [0.25, 0.3) is 0 Å². The van der Waals surface area contributed by atoms with Gasteiger partial charge in [0.25, 0.3) is 0 Å². The third-order valence-corrected chi connectivity index (χ3v) is 6.90. The van der Waals surface area contributed by atoms with Gasteiger partial charge in [-0.05, 0) is 49.1 Å². The second-order valence-corrected chi connectivity index (χ2v) is 9.01. The van der Waals surface area contributed by atoms with Crippen molar-refractivity contribution in [3.05, 3.63) is 35.4 Å². The number of carbonyl (C=O) groups excluding carboxylic acids is 3. The zero-order valence-electron chi connectivity index (χ0n) is 18.0. The van der Waals surface area contributed by atoms with E-state index in [1.807, 2.05) is 29.2 Å². The van der Waals surface area contributed by atoms with Crippen LogP contribution in [-0.2, 0) is 27.5 Å². The van der Waals surface area contributed by atoms with E-state index in [0.717, 1.165) is 36.9 Å². The highest BCUT2D eigenvalue weighted by atomic mass is 16.2. The third-order valence-electron chi connectivity index (χ3n) is 6.90. The summed E-state index contributed by atoms with van der Waals surface area (Å²) < 4.78 is 0. The highest BCUT2D eigenvalue weighted by molar-refractivity contribution is 5.90. The van der Waals surface area contributed by atoms with E-state index >= 15 is 0 Å². The lowest BCUT2D eigenvalue weighted by Crippen LogP contribution is -2.51. The molecule has 0 bridgehead atoms. The van der Waals surface area contributed by atoms with Crippen molar-refractivity contribution < 1.29 is 14.4 Å². The molecule has 8 heteroatoms. The van der Waals surface area contributed by atoms with Crippen molar-refractivity contribution in [1.82, 2.24) is 15.1 Å². The monoisotopic (exact) mass is 427 g/mol. The van der Waals surface area contributed by atoms with Crippen LogP contribution in [0.4, 0.5) is 0 Å². The van der Waals surface area contributed by atoms with Crippen LogP contribution in [0.15, 0.2) is 24.3 Å². The molecule has 1 aliphatic carbocycles. The molecule has 4 rings (SSSR count). The van der Waals surface area contributed by atoms with Crippen molar-refractivity contribution >= 4 is 17.7 Å². The number of nitrogens with one attached hydrogen (secondary N) is 1. The topological polar surface area (TPSA) is 122 Å². The normalized spacial score (nSPS) is 25.3. The highest BCUT2D eigenvalue weighted by Gasteiger charge is 2.48. The second kappa shape index (κ2) is 9.36. The minimum atomic E-state index is -0.751. The molecule has 3 amide bonds. The molecular weight excluding hydrogens is 394 g/mol. The van der Waals surface area contributed by atoms with E-state index in [4.69, 9.17) is 11.5 Å². The van der Waals surface area contributed by atoms with Crippen molar-refractivity contribution in [2.75, 3.05) is 13.1 Å². The number of hydrogen-bond donors (Lipinski definition) is 3. The lowest BCUT2D eigenvalue weighted by atomic mass is 10.1. The maximum absolute atomic E-state index is 12.9. The Hall–Kier alpha value is -2.45. The molecule has 2 heterocycles. The molecule has 3 fully saturated rings. The number of rotatable bonds is 8. The van der Waals surface area contributed by atoms with Crippen molar-refractivity contribution in [2.24, 2.45) is 17.4 Å². The molecule has 0 aromatic heterocycles. The summed E-state index contributed by atoms with van der Waals surface area (Å²) in [4.78, 5) is 41.6. The lowest BCUT2D eigenvalue weighted by molar-refractivity contribution is -0.140. The number of hydrogen-bond acceptors (Lipinski definition) is 5. The Morgan fingerprint density at radius 3 is 2.45 bits per heavy atom. The van der Waals surface area contributed by atoms with Crippen molar-refractivity contribution in [1.29, 1.82) is 0 Å². The van der Waals surface area contributed by atoms with Crippen LogP contribution < -0.4 is 16.8 Å². The molecule has 0 radical (unpaired) electrons. The van der Waals surface area contributed by atoms with E-state index in [1.54, 1.807) is 4.90 Å². The molecule has 3 aliphatic rings. The van der Waals surface area contributed by atoms with Crippen LogP contribution in [0, 0.1) is 5.92 Å². The van der Waals surface area contributed by atoms with Gasteiger partial charge in [-0.3, -0.25) is 14.4 Å². The Kier molecular flexibility index (Phi) is 6.57. The first-order chi connectivity index (χ1) is 15.0. The van der Waals surface area contributed by atoms with Crippen LogP contribution in [-0.4, -0.2) is 58.7 Å². The standard InChI is InChI=1S/C23H33N5O3/c24-13-15-3-5-16(6-4-15)14-26-22(30)19-2-1-10-28(19)23(31)18(25)7-8-21(29)27-11-9-17-12-20(17)27/h3-6,17-20H,1-2,7-14,24-25H2,(H,26,30). The molecule has 2 saturated heterocycles. The molecule has 0 spiro atoms. The van der Waals surface area contributed by atoms with E-state index in [9.17, 15) is 14.4 Å². The molecular formula is C23H33N5O3. The molecule has 1 aromatic rings. The largest absolute Gasteiger partial charge is 0.350 e. The zero-order chi connectivity index (χ0) is 22.0. The number of fused-ring (bicyclic) bond motifs is 1. The first-order valence-electron chi connectivity index (χ1n) is 11.4. The summed E-state index contributed by atoms with van der Waals surface area (Å²) in [7, 11) is 0. The minimum absolute atomic E-state index is 0.101. The Morgan fingerprint density at radius 2 is 1.81 bits per heavy atom. The third kappa shape index (κ3) is 4.91. The summed E-state index contributed by atoms with van der Waals surface area (Å²) in [6.45, 7) is 2.25. The predicted octanol–water partition coefficient (Wildman–Crippen LogP) is 0.481. The summed E-state index contributed by atoms with van der Waals surface area (Å²) in [5, 5.41) is 2.93. The lowest BCUT2D eigenvalue weighted by Gasteiger charge is -2.27. The van der Waals surface area contributed by atoms with Crippen molar-refractivity contribution in [3.8, 4) is 0 Å². The molecule has 1 saturated carbocycles. The fraction of sp³-hybridized carbons (Fsp3) is 0.609. The van der Waals surface area contributed by atoms with Gasteiger partial charge < -0.3 is 26.6 Å². The van der Waals surface area contributed by atoms with Crippen molar-refractivity contribution in [2.45, 2.75) is 69.7 Å². The second-order valence-electron chi connectivity index (χ2n) is 9.01. The van der Waals surface area contributed by atoms with Crippen LogP contribution in [0.2, 0.25) is 0 Å². The van der Waals surface area contributed by atoms with E-state index in [0.29, 0.717) is 50.9 Å². The molecule has 4 atom stereocenters. The number of benzene rings is 1.